The molecule has 11 nitrogen and oxygen atoms in total. The fraction of sp³-hybridized carbons (Fsp3) is 0.519. The molecule has 2 aromatic rings. The Balaban J connectivity index is 1.71. The van der Waals surface area contributed by atoms with E-state index >= 15 is 0 Å². The molecule has 6 N–H and O–H groups in total. The topological polar surface area (TPSA) is 170 Å². The fourth-order valence-electron chi connectivity index (χ4n) is 4.70. The smallest absolute Gasteiger partial charge is 0.426 e. The zero-order valence-corrected chi connectivity index (χ0v) is 22.6. The molecule has 0 aliphatic heterocycles. The molecule has 4 atom stereocenters. The van der Waals surface area contributed by atoms with Crippen molar-refractivity contribution in [2.24, 2.45) is 11.8 Å². The van der Waals surface area contributed by atoms with Crippen LogP contribution in [-0.2, 0) is 14.4 Å². The third-order valence-corrected chi connectivity index (χ3v) is 7.32. The summed E-state index contributed by atoms with van der Waals surface area (Å²) < 4.78 is 0. The van der Waals surface area contributed by atoms with Gasteiger partial charge in [-0.25, -0.2) is 4.98 Å². The van der Waals surface area contributed by atoms with E-state index in [1.54, 1.807) is 6.07 Å². The molecule has 1 fully saturated rings. The van der Waals surface area contributed by atoms with Gasteiger partial charge in [0.2, 0.25) is 17.7 Å². The minimum absolute atomic E-state index is 0.0766. The zero-order valence-electron chi connectivity index (χ0n) is 22.6. The van der Waals surface area contributed by atoms with Crippen molar-refractivity contribution in [3.63, 3.8) is 0 Å². The van der Waals surface area contributed by atoms with Crippen LogP contribution in [0, 0.1) is 11.8 Å². The number of amides is 4. The molecule has 210 valence electrons. The van der Waals surface area contributed by atoms with Crippen molar-refractivity contribution in [3.8, 4) is 0 Å². The molecular formula is C27H38BN5O6. The Bertz CT molecular complexity index is 1170. The summed E-state index contributed by atoms with van der Waals surface area (Å²) in [5.41, 5.74) is 0.876. The lowest BCUT2D eigenvalue weighted by Crippen LogP contribution is -2.58. The molecule has 1 aromatic heterocycles. The molecule has 1 saturated carbocycles. The summed E-state index contributed by atoms with van der Waals surface area (Å²) in [5.74, 6) is -3.31. The Labute approximate surface area is 228 Å². The van der Waals surface area contributed by atoms with Crippen LogP contribution in [0.4, 0.5) is 0 Å². The van der Waals surface area contributed by atoms with Gasteiger partial charge in [0.05, 0.1) is 18.0 Å². The number of rotatable bonds is 12. The summed E-state index contributed by atoms with van der Waals surface area (Å²) in [6.07, 6.45) is 4.03. The Morgan fingerprint density at radius 2 is 1.67 bits per heavy atom. The number of para-hydroxylation sites is 1. The van der Waals surface area contributed by atoms with Gasteiger partial charge in [0.15, 0.2) is 0 Å². The summed E-state index contributed by atoms with van der Waals surface area (Å²) in [5, 5.41) is 29.7. The second-order valence-corrected chi connectivity index (χ2v) is 10.2. The van der Waals surface area contributed by atoms with Crippen molar-refractivity contribution >= 4 is 41.7 Å². The SMILES string of the molecule is CC[C@H](C)[C@H](NC(=O)[C@@H](NC(=O)c1ccc2ccccc2n1)C1CCCC1)C(=O)NCC(=O)N[C@@H](C)B(O)O. The van der Waals surface area contributed by atoms with Crippen LogP contribution in [0.25, 0.3) is 10.9 Å². The van der Waals surface area contributed by atoms with Crippen molar-refractivity contribution < 1.29 is 29.2 Å². The van der Waals surface area contributed by atoms with E-state index in [0.29, 0.717) is 11.9 Å². The number of nitrogens with one attached hydrogen (secondary N) is 4. The molecular weight excluding hydrogens is 501 g/mol. The first kappa shape index (κ1) is 30.0. The van der Waals surface area contributed by atoms with Gasteiger partial charge in [-0.3, -0.25) is 19.2 Å². The zero-order chi connectivity index (χ0) is 28.5. The molecule has 3 rings (SSSR count). The number of hydrogen-bond acceptors (Lipinski definition) is 7. The molecule has 0 spiro atoms. The summed E-state index contributed by atoms with van der Waals surface area (Å²) in [4.78, 5) is 56.2. The van der Waals surface area contributed by atoms with Crippen molar-refractivity contribution in [3.05, 3.63) is 42.1 Å². The molecule has 4 amide bonds. The fourth-order valence-corrected chi connectivity index (χ4v) is 4.70. The molecule has 1 aliphatic carbocycles. The Morgan fingerprint density at radius 3 is 2.33 bits per heavy atom. The third-order valence-electron chi connectivity index (χ3n) is 7.32. The maximum Gasteiger partial charge on any atom is 0.475 e. The van der Waals surface area contributed by atoms with E-state index in [1.807, 2.05) is 44.2 Å². The molecule has 1 aromatic carbocycles. The average molecular weight is 539 g/mol. The van der Waals surface area contributed by atoms with Gasteiger partial charge in [-0.1, -0.05) is 57.4 Å². The number of benzene rings is 1. The largest absolute Gasteiger partial charge is 0.475 e. The lowest BCUT2D eigenvalue weighted by molar-refractivity contribution is -0.132. The van der Waals surface area contributed by atoms with Gasteiger partial charge in [0.1, 0.15) is 17.8 Å². The highest BCUT2D eigenvalue weighted by atomic mass is 16.4. The molecule has 0 radical (unpaired) electrons. The van der Waals surface area contributed by atoms with Gasteiger partial charge >= 0.3 is 7.12 Å². The number of aromatic nitrogens is 1. The van der Waals surface area contributed by atoms with E-state index < -0.39 is 55.3 Å². The summed E-state index contributed by atoms with van der Waals surface area (Å²) in [6.45, 7) is 4.72. The average Bonchev–Trinajstić information content (AvgIpc) is 3.47. The number of hydrogen-bond donors (Lipinski definition) is 6. The van der Waals surface area contributed by atoms with Crippen LogP contribution in [0.1, 0.15) is 63.4 Å². The quantitative estimate of drug-likeness (QED) is 0.216. The molecule has 1 aliphatic rings. The van der Waals surface area contributed by atoms with E-state index in [2.05, 4.69) is 26.3 Å². The number of pyridine rings is 1. The first-order chi connectivity index (χ1) is 18.6. The normalized spacial score (nSPS) is 16.5. The number of nitrogens with zero attached hydrogens (tertiary/aromatic N) is 1. The molecule has 0 unspecified atom stereocenters. The van der Waals surface area contributed by atoms with E-state index in [1.165, 1.54) is 6.92 Å². The van der Waals surface area contributed by atoms with Gasteiger partial charge in [-0.05, 0) is 43.7 Å². The van der Waals surface area contributed by atoms with Gasteiger partial charge in [0.25, 0.3) is 5.91 Å². The second kappa shape index (κ2) is 14.0. The highest BCUT2D eigenvalue weighted by molar-refractivity contribution is 6.43. The van der Waals surface area contributed by atoms with E-state index in [0.717, 1.165) is 31.1 Å². The lowest BCUT2D eigenvalue weighted by atomic mass is 9.81. The van der Waals surface area contributed by atoms with Crippen LogP contribution in [0.15, 0.2) is 36.4 Å². The van der Waals surface area contributed by atoms with Crippen LogP contribution in [-0.4, -0.2) is 70.3 Å². The van der Waals surface area contributed by atoms with Gasteiger partial charge in [-0.2, -0.15) is 0 Å². The standard InChI is InChI=1S/C27H38BN5O6/c1-4-16(2)23(26(36)29-15-22(34)30-17(3)28(38)39)32-27(37)24(19-10-5-6-11-19)33-25(35)21-14-13-18-9-7-8-12-20(18)31-21/h7-9,12-14,16-17,19,23-24,38-39H,4-6,10-11,15H2,1-3H3,(H,29,36)(H,30,34)(H,32,37)(H,33,35)/t16-,17-,23-,24-/m0/s1. The highest BCUT2D eigenvalue weighted by Gasteiger charge is 2.36. The van der Waals surface area contributed by atoms with Gasteiger partial charge in [0, 0.05) is 5.39 Å². The maximum absolute atomic E-state index is 13.5. The van der Waals surface area contributed by atoms with Crippen LogP contribution in [0.2, 0.25) is 0 Å². The maximum atomic E-state index is 13.5. The summed E-state index contributed by atoms with van der Waals surface area (Å²) in [6, 6.07) is 9.10. The highest BCUT2D eigenvalue weighted by Crippen LogP contribution is 2.28. The molecule has 1 heterocycles. The van der Waals surface area contributed by atoms with Crippen LogP contribution >= 0.6 is 0 Å². The predicted molar refractivity (Wildman–Crippen MR) is 147 cm³/mol. The predicted octanol–water partition coefficient (Wildman–Crippen LogP) is 0.687. The number of carbonyl (C=O) groups excluding carboxylic acids is 4. The second-order valence-electron chi connectivity index (χ2n) is 10.2. The van der Waals surface area contributed by atoms with E-state index in [4.69, 9.17) is 10.0 Å². The lowest BCUT2D eigenvalue weighted by Gasteiger charge is -2.29. The van der Waals surface area contributed by atoms with Crippen LogP contribution in [0.3, 0.4) is 0 Å². The molecule has 39 heavy (non-hydrogen) atoms. The van der Waals surface area contributed by atoms with Crippen molar-refractivity contribution in [1.82, 2.24) is 26.3 Å². The molecule has 0 bridgehead atoms. The van der Waals surface area contributed by atoms with Crippen LogP contribution in [0.5, 0.6) is 0 Å². The third kappa shape index (κ3) is 8.24. The van der Waals surface area contributed by atoms with Crippen molar-refractivity contribution in [2.75, 3.05) is 6.54 Å². The summed E-state index contributed by atoms with van der Waals surface area (Å²) >= 11 is 0. The van der Waals surface area contributed by atoms with Crippen LogP contribution < -0.4 is 21.3 Å². The number of fused-ring (bicyclic) bond motifs is 1. The molecule has 12 heteroatoms. The van der Waals surface area contributed by atoms with E-state index in [-0.39, 0.29) is 17.5 Å². The Morgan fingerprint density at radius 1 is 0.974 bits per heavy atom. The van der Waals surface area contributed by atoms with Gasteiger partial charge < -0.3 is 31.3 Å². The van der Waals surface area contributed by atoms with Crippen molar-refractivity contribution in [1.29, 1.82) is 0 Å². The number of carbonyl (C=O) groups is 4. The monoisotopic (exact) mass is 539 g/mol. The first-order valence-electron chi connectivity index (χ1n) is 13.5. The summed E-state index contributed by atoms with van der Waals surface area (Å²) in [7, 11) is -1.73. The Hall–Kier alpha value is -3.51. The molecule has 0 saturated heterocycles. The minimum atomic E-state index is -1.73. The Kier molecular flexibility index (Phi) is 10.8. The minimum Gasteiger partial charge on any atom is -0.426 e. The van der Waals surface area contributed by atoms with E-state index in [9.17, 15) is 19.2 Å². The van der Waals surface area contributed by atoms with Crippen molar-refractivity contribution in [2.45, 2.75) is 70.9 Å². The van der Waals surface area contributed by atoms with Gasteiger partial charge in [-0.15, -0.1) is 0 Å². The first-order valence-corrected chi connectivity index (χ1v) is 13.5.